The Morgan fingerprint density at radius 2 is 1.61 bits per heavy atom. The molecule has 1 atom stereocenters. The van der Waals surface area contributed by atoms with Crippen LogP contribution in [0.15, 0.2) is 59.5 Å². The lowest BCUT2D eigenvalue weighted by Crippen LogP contribution is -2.55. The summed E-state index contributed by atoms with van der Waals surface area (Å²) >= 11 is 0. The molecule has 1 saturated heterocycles. The summed E-state index contributed by atoms with van der Waals surface area (Å²) in [5.41, 5.74) is 0.829. The predicted octanol–water partition coefficient (Wildman–Crippen LogP) is 2.52. The highest BCUT2D eigenvalue weighted by Gasteiger charge is 2.32. The summed E-state index contributed by atoms with van der Waals surface area (Å²) in [6.07, 6.45) is 0.194. The fourth-order valence-electron chi connectivity index (χ4n) is 3.83. The molecule has 2 aromatic carbocycles. The van der Waals surface area contributed by atoms with Gasteiger partial charge in [-0.3, -0.25) is 9.69 Å². The summed E-state index contributed by atoms with van der Waals surface area (Å²) in [7, 11) is -4.20. The van der Waals surface area contributed by atoms with Gasteiger partial charge in [-0.15, -0.1) is 0 Å². The van der Waals surface area contributed by atoms with Crippen LogP contribution >= 0.6 is 0 Å². The van der Waals surface area contributed by atoms with Crippen molar-refractivity contribution in [3.63, 3.8) is 0 Å². The van der Waals surface area contributed by atoms with Crippen molar-refractivity contribution >= 4 is 15.9 Å². The minimum absolute atomic E-state index is 0.194. The molecule has 0 aliphatic carbocycles. The molecule has 1 aliphatic rings. The highest BCUT2D eigenvalue weighted by Crippen LogP contribution is 2.16. The number of amides is 1. The Morgan fingerprint density at radius 1 is 1.00 bits per heavy atom. The van der Waals surface area contributed by atoms with Gasteiger partial charge in [0.2, 0.25) is 15.9 Å². The quantitative estimate of drug-likeness (QED) is 0.675. The summed E-state index contributed by atoms with van der Waals surface area (Å²) in [6, 6.07) is 13.4. The van der Waals surface area contributed by atoms with E-state index < -0.39 is 26.8 Å². The molecule has 0 saturated carbocycles. The molecule has 168 valence electrons. The highest BCUT2D eigenvalue weighted by molar-refractivity contribution is 7.89. The molecule has 6 nitrogen and oxygen atoms in total. The van der Waals surface area contributed by atoms with E-state index in [1.54, 1.807) is 4.90 Å². The summed E-state index contributed by atoms with van der Waals surface area (Å²) < 4.78 is 42.4. The van der Waals surface area contributed by atoms with Crippen molar-refractivity contribution in [1.29, 1.82) is 0 Å². The van der Waals surface area contributed by atoms with Crippen LogP contribution in [0.3, 0.4) is 0 Å². The maximum Gasteiger partial charge on any atom is 0.244 e. The fraction of sp³-hybridized carbons (Fsp3) is 0.435. The van der Waals surface area contributed by atoms with E-state index in [1.165, 1.54) is 18.2 Å². The summed E-state index contributed by atoms with van der Waals surface area (Å²) in [4.78, 5) is 16.9. The zero-order valence-electron chi connectivity index (χ0n) is 18.0. The molecular formula is C23H30FN3O3S. The predicted molar refractivity (Wildman–Crippen MR) is 119 cm³/mol. The Morgan fingerprint density at radius 3 is 2.23 bits per heavy atom. The number of carbonyl (C=O) groups is 1. The third kappa shape index (κ3) is 6.35. The van der Waals surface area contributed by atoms with Crippen LogP contribution in [-0.4, -0.2) is 62.9 Å². The van der Waals surface area contributed by atoms with E-state index in [1.807, 2.05) is 30.3 Å². The number of nitrogens with one attached hydrogen (secondary N) is 1. The van der Waals surface area contributed by atoms with E-state index in [0.717, 1.165) is 31.3 Å². The minimum Gasteiger partial charge on any atom is -0.339 e. The first kappa shape index (κ1) is 23.4. The highest BCUT2D eigenvalue weighted by atomic mass is 32.2. The molecule has 0 radical (unpaired) electrons. The van der Waals surface area contributed by atoms with Crippen molar-refractivity contribution in [3.05, 3.63) is 66.0 Å². The van der Waals surface area contributed by atoms with Crippen LogP contribution in [0.2, 0.25) is 0 Å². The number of benzene rings is 2. The Balaban J connectivity index is 1.78. The molecule has 31 heavy (non-hydrogen) atoms. The van der Waals surface area contributed by atoms with E-state index in [0.29, 0.717) is 19.0 Å². The molecule has 2 aromatic rings. The SMILES string of the molecule is CC(C)CN1CCN(C(=O)[C@H](Cc2ccccc2)NS(=O)(=O)c2ccccc2F)CC1. The molecule has 1 N–H and O–H groups in total. The lowest BCUT2D eigenvalue weighted by atomic mass is 10.1. The monoisotopic (exact) mass is 447 g/mol. The lowest BCUT2D eigenvalue weighted by Gasteiger charge is -2.37. The first-order chi connectivity index (χ1) is 14.8. The second-order valence-electron chi connectivity index (χ2n) is 8.31. The molecule has 0 aromatic heterocycles. The maximum atomic E-state index is 14.1. The van der Waals surface area contributed by atoms with Crippen LogP contribution in [0.5, 0.6) is 0 Å². The average Bonchev–Trinajstić information content (AvgIpc) is 2.74. The van der Waals surface area contributed by atoms with Gasteiger partial charge in [-0.05, 0) is 30.0 Å². The van der Waals surface area contributed by atoms with Gasteiger partial charge in [0.05, 0.1) is 0 Å². The molecule has 1 heterocycles. The molecule has 8 heteroatoms. The normalized spacial score (nSPS) is 16.5. The van der Waals surface area contributed by atoms with Crippen molar-refractivity contribution in [3.8, 4) is 0 Å². The number of rotatable bonds is 8. The zero-order chi connectivity index (χ0) is 22.4. The van der Waals surface area contributed by atoms with Crippen molar-refractivity contribution in [2.75, 3.05) is 32.7 Å². The average molecular weight is 448 g/mol. The largest absolute Gasteiger partial charge is 0.339 e. The van der Waals surface area contributed by atoms with Crippen LogP contribution in [-0.2, 0) is 21.2 Å². The minimum atomic E-state index is -4.20. The van der Waals surface area contributed by atoms with Gasteiger partial charge in [-0.1, -0.05) is 56.3 Å². The van der Waals surface area contributed by atoms with Crippen LogP contribution in [0.1, 0.15) is 19.4 Å². The van der Waals surface area contributed by atoms with Gasteiger partial charge >= 0.3 is 0 Å². The molecule has 3 rings (SSSR count). The molecule has 1 aliphatic heterocycles. The number of hydrogen-bond acceptors (Lipinski definition) is 4. The third-order valence-corrected chi connectivity index (χ3v) is 6.82. The summed E-state index contributed by atoms with van der Waals surface area (Å²) in [6.45, 7) is 7.87. The van der Waals surface area contributed by atoms with E-state index >= 15 is 0 Å². The fourth-order valence-corrected chi connectivity index (χ4v) is 5.10. The molecule has 0 unspecified atom stereocenters. The van der Waals surface area contributed by atoms with Gasteiger partial charge in [-0.25, -0.2) is 12.8 Å². The number of carbonyl (C=O) groups excluding carboxylic acids is 1. The van der Waals surface area contributed by atoms with Gasteiger partial charge in [-0.2, -0.15) is 4.72 Å². The van der Waals surface area contributed by atoms with Crippen LogP contribution in [0, 0.1) is 11.7 Å². The van der Waals surface area contributed by atoms with E-state index in [-0.39, 0.29) is 12.3 Å². The van der Waals surface area contributed by atoms with Gasteiger partial charge in [0.15, 0.2) is 0 Å². The topological polar surface area (TPSA) is 69.7 Å². The molecule has 1 fully saturated rings. The molecule has 0 spiro atoms. The zero-order valence-corrected chi connectivity index (χ0v) is 18.8. The second-order valence-corrected chi connectivity index (χ2v) is 10.00. The Kier molecular flexibility index (Phi) is 7.80. The first-order valence-electron chi connectivity index (χ1n) is 10.6. The van der Waals surface area contributed by atoms with Gasteiger partial charge in [0, 0.05) is 32.7 Å². The molecule has 0 bridgehead atoms. The second kappa shape index (κ2) is 10.3. The number of piperazine rings is 1. The molecular weight excluding hydrogens is 417 g/mol. The standard InChI is InChI=1S/C23H30FN3O3S/c1-18(2)17-26-12-14-27(15-13-26)23(28)21(16-19-8-4-3-5-9-19)25-31(29,30)22-11-7-6-10-20(22)24/h3-11,18,21,25H,12-17H2,1-2H3/t21-/m0/s1. The number of sulfonamides is 1. The van der Waals surface area contributed by atoms with Gasteiger partial charge < -0.3 is 4.90 Å². The van der Waals surface area contributed by atoms with Crippen LogP contribution in [0.4, 0.5) is 4.39 Å². The van der Waals surface area contributed by atoms with Crippen molar-refractivity contribution < 1.29 is 17.6 Å². The smallest absolute Gasteiger partial charge is 0.244 e. The first-order valence-corrected chi connectivity index (χ1v) is 12.1. The van der Waals surface area contributed by atoms with Crippen LogP contribution < -0.4 is 4.72 Å². The summed E-state index contributed by atoms with van der Waals surface area (Å²) in [5, 5.41) is 0. The Bertz CT molecular complexity index is 975. The van der Waals surface area contributed by atoms with Crippen LogP contribution in [0.25, 0.3) is 0 Å². The van der Waals surface area contributed by atoms with E-state index in [9.17, 15) is 17.6 Å². The maximum absolute atomic E-state index is 14.1. The van der Waals surface area contributed by atoms with E-state index in [4.69, 9.17) is 0 Å². The van der Waals surface area contributed by atoms with Crippen molar-refractivity contribution in [1.82, 2.24) is 14.5 Å². The Labute approximate surface area is 184 Å². The number of halogens is 1. The number of hydrogen-bond donors (Lipinski definition) is 1. The van der Waals surface area contributed by atoms with E-state index in [2.05, 4.69) is 23.5 Å². The van der Waals surface area contributed by atoms with Crippen molar-refractivity contribution in [2.45, 2.75) is 31.2 Å². The Hall–Kier alpha value is -2.29. The van der Waals surface area contributed by atoms with Gasteiger partial charge in [0.1, 0.15) is 16.8 Å². The van der Waals surface area contributed by atoms with Crippen molar-refractivity contribution in [2.24, 2.45) is 5.92 Å². The molecule has 1 amide bonds. The van der Waals surface area contributed by atoms with Gasteiger partial charge in [0.25, 0.3) is 0 Å². The number of nitrogens with zero attached hydrogens (tertiary/aromatic N) is 2. The summed E-state index contributed by atoms with van der Waals surface area (Å²) in [5.74, 6) is -0.586. The third-order valence-electron chi connectivity index (χ3n) is 5.31. The lowest BCUT2D eigenvalue weighted by molar-refractivity contribution is -0.134.